The fraction of sp³-hybridized carbons (Fsp3) is 0. The van der Waals surface area contributed by atoms with Gasteiger partial charge in [0.05, 0.1) is 5.56 Å². The van der Waals surface area contributed by atoms with E-state index in [1.54, 1.807) is 24.5 Å². The lowest BCUT2D eigenvalue weighted by Gasteiger charge is -2.03. The van der Waals surface area contributed by atoms with E-state index < -0.39 is 11.1 Å². The van der Waals surface area contributed by atoms with E-state index in [9.17, 15) is 9.18 Å². The van der Waals surface area contributed by atoms with E-state index in [0.29, 0.717) is 5.56 Å². The lowest BCUT2D eigenvalue weighted by atomic mass is 10.1. The molecule has 1 aromatic carbocycles. The van der Waals surface area contributed by atoms with Gasteiger partial charge in [-0.15, -0.1) is 0 Å². The first-order chi connectivity index (χ1) is 7.68. The van der Waals surface area contributed by atoms with Crippen LogP contribution in [0.3, 0.4) is 0 Å². The summed E-state index contributed by atoms with van der Waals surface area (Å²) in [6.45, 7) is 0. The molecular formula is C12H7ClFNO. The normalized spacial score (nSPS) is 10.1. The third-order valence-electron chi connectivity index (χ3n) is 2.17. The first kappa shape index (κ1) is 10.8. The van der Waals surface area contributed by atoms with Crippen LogP contribution in [0.15, 0.2) is 42.7 Å². The second-order valence-corrected chi connectivity index (χ2v) is 3.55. The van der Waals surface area contributed by atoms with Crippen molar-refractivity contribution in [3.8, 4) is 11.1 Å². The summed E-state index contributed by atoms with van der Waals surface area (Å²) in [6.07, 6.45) is 3.27. The van der Waals surface area contributed by atoms with Crippen molar-refractivity contribution in [3.63, 3.8) is 0 Å². The summed E-state index contributed by atoms with van der Waals surface area (Å²) in [4.78, 5) is 14.9. The van der Waals surface area contributed by atoms with Crippen LogP contribution >= 0.6 is 11.6 Å². The molecule has 4 heteroatoms. The van der Waals surface area contributed by atoms with Crippen LogP contribution in [0.5, 0.6) is 0 Å². The van der Waals surface area contributed by atoms with Crippen LogP contribution in [0.25, 0.3) is 11.1 Å². The molecule has 1 heterocycles. The maximum atomic E-state index is 13.2. The molecule has 0 saturated heterocycles. The lowest BCUT2D eigenvalue weighted by molar-refractivity contribution is 0.107. The number of hydrogen-bond acceptors (Lipinski definition) is 2. The Hall–Kier alpha value is -1.74. The van der Waals surface area contributed by atoms with E-state index in [4.69, 9.17) is 11.6 Å². The van der Waals surface area contributed by atoms with Gasteiger partial charge < -0.3 is 0 Å². The van der Waals surface area contributed by atoms with Crippen molar-refractivity contribution < 1.29 is 9.18 Å². The molecule has 0 bridgehead atoms. The first-order valence-electron chi connectivity index (χ1n) is 4.58. The number of aromatic nitrogens is 1. The number of nitrogens with zero attached hydrogens (tertiary/aromatic N) is 1. The Bertz CT molecular complexity index is 528. The van der Waals surface area contributed by atoms with E-state index in [1.807, 2.05) is 6.07 Å². The fourth-order valence-corrected chi connectivity index (χ4v) is 1.53. The van der Waals surface area contributed by atoms with E-state index in [0.717, 1.165) is 5.56 Å². The lowest BCUT2D eigenvalue weighted by Crippen LogP contribution is -1.94. The summed E-state index contributed by atoms with van der Waals surface area (Å²) in [5, 5.41) is -0.803. The molecular weight excluding hydrogens is 229 g/mol. The highest BCUT2D eigenvalue weighted by Gasteiger charge is 2.10. The van der Waals surface area contributed by atoms with Gasteiger partial charge in [-0.3, -0.25) is 9.78 Å². The van der Waals surface area contributed by atoms with E-state index in [-0.39, 0.29) is 5.56 Å². The molecule has 0 unspecified atom stereocenters. The first-order valence-corrected chi connectivity index (χ1v) is 4.96. The largest absolute Gasteiger partial charge is 0.275 e. The zero-order chi connectivity index (χ0) is 11.5. The van der Waals surface area contributed by atoms with Gasteiger partial charge in [0.2, 0.25) is 0 Å². The average Bonchev–Trinajstić information content (AvgIpc) is 2.30. The Labute approximate surface area is 96.7 Å². The number of benzene rings is 1. The molecule has 0 saturated carbocycles. The Balaban J connectivity index is 2.52. The van der Waals surface area contributed by atoms with Gasteiger partial charge in [-0.2, -0.15) is 0 Å². The second-order valence-electron chi connectivity index (χ2n) is 3.21. The summed E-state index contributed by atoms with van der Waals surface area (Å²) in [6, 6.07) is 7.80. The van der Waals surface area contributed by atoms with Gasteiger partial charge in [0, 0.05) is 18.0 Å². The number of pyridine rings is 1. The Morgan fingerprint density at radius 3 is 2.69 bits per heavy atom. The van der Waals surface area contributed by atoms with Gasteiger partial charge in [0.15, 0.2) is 0 Å². The monoisotopic (exact) mass is 235 g/mol. The zero-order valence-electron chi connectivity index (χ0n) is 8.15. The van der Waals surface area contributed by atoms with Crippen LogP contribution in [0.4, 0.5) is 4.39 Å². The topological polar surface area (TPSA) is 30.0 Å². The van der Waals surface area contributed by atoms with Crippen LogP contribution in [0.2, 0.25) is 0 Å². The van der Waals surface area contributed by atoms with E-state index >= 15 is 0 Å². The maximum Gasteiger partial charge on any atom is 0.255 e. The molecule has 2 rings (SSSR count). The molecule has 0 N–H and O–H groups in total. The zero-order valence-corrected chi connectivity index (χ0v) is 8.91. The molecule has 0 fully saturated rings. The summed E-state index contributed by atoms with van der Waals surface area (Å²) in [5.41, 5.74) is 1.39. The van der Waals surface area contributed by atoms with Crippen molar-refractivity contribution in [1.29, 1.82) is 0 Å². The van der Waals surface area contributed by atoms with Crippen molar-refractivity contribution in [2.75, 3.05) is 0 Å². The smallest absolute Gasteiger partial charge is 0.255 e. The number of carbonyl (C=O) groups excluding carboxylic acids is 1. The molecule has 1 aromatic heterocycles. The summed E-state index contributed by atoms with van der Waals surface area (Å²) in [7, 11) is 0. The molecule has 0 spiro atoms. The molecule has 0 aliphatic heterocycles. The minimum Gasteiger partial charge on any atom is -0.275 e. The quantitative estimate of drug-likeness (QED) is 0.748. The third kappa shape index (κ3) is 2.09. The average molecular weight is 236 g/mol. The van der Waals surface area contributed by atoms with Gasteiger partial charge in [0.1, 0.15) is 5.82 Å². The Morgan fingerprint density at radius 1 is 1.25 bits per heavy atom. The van der Waals surface area contributed by atoms with Crippen LogP contribution < -0.4 is 0 Å². The predicted molar refractivity (Wildman–Crippen MR) is 59.8 cm³/mol. The minimum absolute atomic E-state index is 0.122. The molecule has 2 nitrogen and oxygen atoms in total. The minimum atomic E-state index is -0.803. The molecule has 0 atom stereocenters. The fourth-order valence-electron chi connectivity index (χ4n) is 1.39. The second kappa shape index (κ2) is 4.41. The Morgan fingerprint density at radius 2 is 2.06 bits per heavy atom. The molecule has 80 valence electrons. The van der Waals surface area contributed by atoms with Gasteiger partial charge in [0.25, 0.3) is 5.24 Å². The third-order valence-corrected chi connectivity index (χ3v) is 2.38. The van der Waals surface area contributed by atoms with E-state index in [1.165, 1.54) is 12.1 Å². The van der Waals surface area contributed by atoms with Gasteiger partial charge in [-0.1, -0.05) is 12.1 Å². The Kier molecular flexibility index (Phi) is 2.97. The highest BCUT2D eigenvalue weighted by Crippen LogP contribution is 2.22. The van der Waals surface area contributed by atoms with Crippen LogP contribution in [0.1, 0.15) is 10.4 Å². The molecule has 0 radical (unpaired) electrons. The van der Waals surface area contributed by atoms with Crippen LogP contribution in [-0.4, -0.2) is 10.2 Å². The number of rotatable bonds is 2. The summed E-state index contributed by atoms with van der Waals surface area (Å²) >= 11 is 5.27. The molecule has 0 amide bonds. The van der Waals surface area contributed by atoms with Crippen molar-refractivity contribution in [2.45, 2.75) is 0 Å². The molecule has 16 heavy (non-hydrogen) atoms. The summed E-state index contributed by atoms with van der Waals surface area (Å²) < 4.78 is 13.2. The number of halogens is 2. The van der Waals surface area contributed by atoms with E-state index in [2.05, 4.69) is 4.98 Å². The van der Waals surface area contributed by atoms with Gasteiger partial charge in [-0.25, -0.2) is 4.39 Å². The predicted octanol–water partition coefficient (Wildman–Crippen LogP) is 3.27. The molecule has 0 aliphatic carbocycles. The highest BCUT2D eigenvalue weighted by molar-refractivity contribution is 6.67. The van der Waals surface area contributed by atoms with Crippen LogP contribution in [-0.2, 0) is 0 Å². The van der Waals surface area contributed by atoms with Crippen LogP contribution in [0, 0.1) is 5.82 Å². The van der Waals surface area contributed by atoms with Gasteiger partial charge >= 0.3 is 0 Å². The van der Waals surface area contributed by atoms with Crippen molar-refractivity contribution in [3.05, 3.63) is 54.1 Å². The number of carbonyl (C=O) groups is 1. The van der Waals surface area contributed by atoms with Crippen molar-refractivity contribution in [2.24, 2.45) is 0 Å². The highest BCUT2D eigenvalue weighted by atomic mass is 35.5. The van der Waals surface area contributed by atoms with Crippen molar-refractivity contribution in [1.82, 2.24) is 4.98 Å². The summed E-state index contributed by atoms with van der Waals surface area (Å²) in [5.74, 6) is -0.618. The molecule has 0 aliphatic rings. The standard InChI is InChI=1S/C12H7ClFNO/c13-12(16)10-6-8(3-4-11(10)14)9-2-1-5-15-7-9/h1-7H. The van der Waals surface area contributed by atoms with Gasteiger partial charge in [-0.05, 0) is 35.4 Å². The number of hydrogen-bond donors (Lipinski definition) is 0. The van der Waals surface area contributed by atoms with Crippen molar-refractivity contribution >= 4 is 16.8 Å². The molecule has 2 aromatic rings. The SMILES string of the molecule is O=C(Cl)c1cc(-c2cccnc2)ccc1F. The maximum absolute atomic E-state index is 13.2.